The van der Waals surface area contributed by atoms with E-state index in [1.54, 1.807) is 24.3 Å². The lowest BCUT2D eigenvalue weighted by molar-refractivity contribution is 0.102. The number of anilines is 1. The van der Waals surface area contributed by atoms with Crippen molar-refractivity contribution in [3.63, 3.8) is 0 Å². The fourth-order valence-corrected chi connectivity index (χ4v) is 4.96. The number of phenols is 1. The number of aromatic nitrogens is 1. The van der Waals surface area contributed by atoms with Crippen molar-refractivity contribution in [3.8, 4) is 5.75 Å². The summed E-state index contributed by atoms with van der Waals surface area (Å²) < 4.78 is 0. The summed E-state index contributed by atoms with van der Waals surface area (Å²) in [6.45, 7) is 12.7. The van der Waals surface area contributed by atoms with Crippen LogP contribution in [0.4, 0.5) is 5.69 Å². The lowest BCUT2D eigenvalue weighted by atomic mass is 9.86. The van der Waals surface area contributed by atoms with Gasteiger partial charge in [-0.2, -0.15) is 24.8 Å². The molecule has 0 aliphatic heterocycles. The number of para-hydroxylation sites is 1. The van der Waals surface area contributed by atoms with E-state index < -0.39 is 14.0 Å². The number of hydrogen-bond acceptors (Lipinski definition) is 3. The second-order valence-electron chi connectivity index (χ2n) is 9.45. The molecular formula is C23H28N2O3Si-. The average Bonchev–Trinajstić information content (AvgIpc) is 2.60. The van der Waals surface area contributed by atoms with Gasteiger partial charge in [0.25, 0.3) is 5.91 Å². The zero-order valence-corrected chi connectivity index (χ0v) is 18.8. The molecular weight excluding hydrogens is 380 g/mol. The Kier molecular flexibility index (Phi) is 5.17. The van der Waals surface area contributed by atoms with E-state index >= 15 is 0 Å². The number of aromatic amines is 1. The second-order valence-corrected chi connectivity index (χ2v) is 14.5. The Labute approximate surface area is 171 Å². The molecule has 0 saturated heterocycles. The number of carbonyl (C=O) groups is 1. The smallest absolute Gasteiger partial charge is 0.261 e. The molecule has 29 heavy (non-hydrogen) atoms. The number of aromatic hydroxyl groups is 1. The summed E-state index contributed by atoms with van der Waals surface area (Å²) >= 11 is 0. The van der Waals surface area contributed by atoms with Crippen LogP contribution in [0.15, 0.2) is 47.4 Å². The van der Waals surface area contributed by atoms with Crippen LogP contribution in [0.5, 0.6) is 5.75 Å². The van der Waals surface area contributed by atoms with Gasteiger partial charge in [0, 0.05) is 28.9 Å². The normalized spacial score (nSPS) is 12.2. The molecule has 0 unspecified atom stereocenters. The number of hydrogen-bond donors (Lipinski definition) is 3. The Morgan fingerprint density at radius 2 is 1.76 bits per heavy atom. The fraction of sp³-hybridized carbons (Fsp3) is 0.304. The van der Waals surface area contributed by atoms with Gasteiger partial charge in [-0.05, 0) is 23.1 Å². The lowest BCUT2D eigenvalue weighted by Crippen LogP contribution is -2.41. The van der Waals surface area contributed by atoms with Gasteiger partial charge < -0.3 is 15.4 Å². The number of nitrogens with one attached hydrogen (secondary N) is 2. The SMILES string of the molecule is CC(C)(C)c1cc([Si-](C)(C)C)c(NC(=O)c2c[nH]c3ccccc3c2=O)cc1O. The molecule has 3 N–H and O–H groups in total. The zero-order valence-electron chi connectivity index (χ0n) is 17.8. The van der Waals surface area contributed by atoms with Crippen molar-refractivity contribution in [3.05, 3.63) is 63.9 Å². The van der Waals surface area contributed by atoms with E-state index in [9.17, 15) is 14.7 Å². The first kappa shape index (κ1) is 20.9. The van der Waals surface area contributed by atoms with Crippen LogP contribution in [0.1, 0.15) is 36.7 Å². The van der Waals surface area contributed by atoms with E-state index in [-0.39, 0.29) is 22.2 Å². The second kappa shape index (κ2) is 7.19. The van der Waals surface area contributed by atoms with Crippen molar-refractivity contribution in [2.45, 2.75) is 45.8 Å². The largest absolute Gasteiger partial charge is 0.508 e. The third-order valence-electron chi connectivity index (χ3n) is 5.03. The van der Waals surface area contributed by atoms with Gasteiger partial charge in [-0.15, -0.1) is 8.07 Å². The van der Waals surface area contributed by atoms with Crippen LogP contribution >= 0.6 is 0 Å². The highest BCUT2D eigenvalue weighted by atomic mass is 28.3. The molecule has 3 rings (SSSR count). The Morgan fingerprint density at radius 3 is 2.38 bits per heavy atom. The number of benzene rings is 2. The molecule has 0 saturated carbocycles. The maximum Gasteiger partial charge on any atom is 0.261 e. The van der Waals surface area contributed by atoms with Crippen LogP contribution in [0.2, 0.25) is 19.6 Å². The standard InChI is InChI=1S/C23H28N2O3Si/c1-23(2,3)16-11-20(29(4,5)6)18(12-19(16)26)25-22(28)15-13-24-17-10-8-7-9-14(17)21(15)27/h7-13,26H,1-6H3,(H,24,27)(H,25,28)/q-1. The molecule has 0 radical (unpaired) electrons. The Bertz CT molecular complexity index is 1150. The molecule has 0 spiro atoms. The third kappa shape index (κ3) is 4.12. The van der Waals surface area contributed by atoms with Crippen LogP contribution in [-0.4, -0.2) is 24.1 Å². The minimum absolute atomic E-state index is 0.0459. The summed E-state index contributed by atoms with van der Waals surface area (Å²) in [6, 6.07) is 10.7. The Morgan fingerprint density at radius 1 is 1.10 bits per heavy atom. The summed E-state index contributed by atoms with van der Waals surface area (Å²) in [4.78, 5) is 28.7. The molecule has 1 heterocycles. The highest BCUT2D eigenvalue weighted by Crippen LogP contribution is 2.33. The Balaban J connectivity index is 2.08. The monoisotopic (exact) mass is 408 g/mol. The summed E-state index contributed by atoms with van der Waals surface area (Å²) in [5.41, 5.74) is 1.59. The number of phenolic OH excluding ortho intramolecular Hbond substituents is 1. The van der Waals surface area contributed by atoms with E-state index in [1.165, 1.54) is 6.20 Å². The molecule has 5 nitrogen and oxygen atoms in total. The molecule has 0 aliphatic carbocycles. The molecule has 1 amide bonds. The summed E-state index contributed by atoms with van der Waals surface area (Å²) in [5, 5.41) is 15.0. The lowest BCUT2D eigenvalue weighted by Gasteiger charge is -2.34. The molecule has 3 aromatic rings. The highest BCUT2D eigenvalue weighted by molar-refractivity contribution is 6.89. The number of H-pyrrole nitrogens is 1. The van der Waals surface area contributed by atoms with Gasteiger partial charge in [-0.25, -0.2) is 0 Å². The van der Waals surface area contributed by atoms with Gasteiger partial charge in [-0.3, -0.25) is 9.59 Å². The summed E-state index contributed by atoms with van der Waals surface area (Å²) in [5.74, 6) is -0.346. The minimum atomic E-state index is -1.85. The van der Waals surface area contributed by atoms with Crippen LogP contribution < -0.4 is 15.9 Å². The fourth-order valence-electron chi connectivity index (χ4n) is 3.44. The van der Waals surface area contributed by atoms with Crippen molar-refractivity contribution < 1.29 is 9.90 Å². The summed E-state index contributed by atoms with van der Waals surface area (Å²) in [6.07, 6.45) is 1.44. The van der Waals surface area contributed by atoms with Crippen LogP contribution in [0, 0.1) is 0 Å². The minimum Gasteiger partial charge on any atom is -0.508 e. The van der Waals surface area contributed by atoms with Gasteiger partial charge in [0.2, 0.25) is 5.43 Å². The predicted molar refractivity (Wildman–Crippen MR) is 122 cm³/mol. The quantitative estimate of drug-likeness (QED) is 0.564. The molecule has 6 heteroatoms. The van der Waals surface area contributed by atoms with Gasteiger partial charge in [0.15, 0.2) is 0 Å². The van der Waals surface area contributed by atoms with Crippen LogP contribution in [0.25, 0.3) is 10.9 Å². The van der Waals surface area contributed by atoms with Crippen molar-refractivity contribution in [2.75, 3.05) is 5.32 Å². The van der Waals surface area contributed by atoms with E-state index in [4.69, 9.17) is 0 Å². The van der Waals surface area contributed by atoms with Crippen molar-refractivity contribution in [2.24, 2.45) is 0 Å². The first-order chi connectivity index (χ1) is 13.4. The van der Waals surface area contributed by atoms with Crippen molar-refractivity contribution in [1.29, 1.82) is 0 Å². The molecule has 0 bridgehead atoms. The number of rotatable bonds is 3. The van der Waals surface area contributed by atoms with E-state index in [2.05, 4.69) is 29.9 Å². The van der Waals surface area contributed by atoms with Gasteiger partial charge in [0.1, 0.15) is 11.3 Å². The van der Waals surface area contributed by atoms with E-state index in [0.717, 1.165) is 10.8 Å². The van der Waals surface area contributed by atoms with Gasteiger partial charge in [-0.1, -0.05) is 39.0 Å². The van der Waals surface area contributed by atoms with E-state index in [1.807, 2.05) is 32.9 Å². The van der Waals surface area contributed by atoms with Crippen molar-refractivity contribution >= 4 is 35.8 Å². The number of carbonyl (C=O) groups excluding carboxylic acids is 1. The predicted octanol–water partition coefficient (Wildman–Crippen LogP) is 4.33. The maximum absolute atomic E-state index is 13.0. The van der Waals surface area contributed by atoms with Crippen LogP contribution in [0.3, 0.4) is 0 Å². The molecule has 153 valence electrons. The number of amides is 1. The molecule has 0 fully saturated rings. The third-order valence-corrected chi connectivity index (χ3v) is 7.06. The Hall–Kier alpha value is -2.86. The molecule has 1 aromatic heterocycles. The van der Waals surface area contributed by atoms with Gasteiger partial charge in [0.05, 0.1) is 0 Å². The number of fused-ring (bicyclic) bond motifs is 1. The summed E-state index contributed by atoms with van der Waals surface area (Å²) in [7, 11) is -1.85. The first-order valence-corrected chi connectivity index (χ1v) is 13.2. The average molecular weight is 409 g/mol. The first-order valence-electron chi connectivity index (χ1n) is 9.69. The molecule has 0 atom stereocenters. The molecule has 0 aliphatic rings. The van der Waals surface area contributed by atoms with Crippen molar-refractivity contribution in [1.82, 2.24) is 4.98 Å². The topological polar surface area (TPSA) is 82.2 Å². The molecule has 2 aromatic carbocycles. The maximum atomic E-state index is 13.0. The van der Waals surface area contributed by atoms with Crippen LogP contribution in [-0.2, 0) is 5.41 Å². The van der Waals surface area contributed by atoms with E-state index in [0.29, 0.717) is 16.6 Å². The number of pyridine rings is 1. The van der Waals surface area contributed by atoms with Gasteiger partial charge >= 0.3 is 0 Å². The highest BCUT2D eigenvalue weighted by Gasteiger charge is 2.23. The zero-order chi connectivity index (χ0) is 21.6.